The first kappa shape index (κ1) is 32.5. The van der Waals surface area contributed by atoms with Crippen LogP contribution in [0.4, 0.5) is 9.18 Å². The number of hydrogen-bond acceptors (Lipinski definition) is 6. The Morgan fingerprint density at radius 1 is 0.933 bits per heavy atom. The lowest BCUT2D eigenvalue weighted by atomic mass is 9.87. The van der Waals surface area contributed by atoms with Gasteiger partial charge in [0.1, 0.15) is 30.0 Å². The van der Waals surface area contributed by atoms with Gasteiger partial charge in [-0.1, -0.05) is 74.2 Å². The van der Waals surface area contributed by atoms with E-state index in [-0.39, 0.29) is 31.7 Å². The summed E-state index contributed by atoms with van der Waals surface area (Å²) in [6.45, 7) is 8.90. The lowest BCUT2D eigenvalue weighted by molar-refractivity contribution is -0.268. The lowest BCUT2D eigenvalue weighted by Gasteiger charge is -2.40. The van der Waals surface area contributed by atoms with Crippen molar-refractivity contribution in [3.63, 3.8) is 0 Å². The van der Waals surface area contributed by atoms with Crippen molar-refractivity contribution in [3.8, 4) is 11.5 Å². The van der Waals surface area contributed by atoms with E-state index in [0.717, 1.165) is 39.3 Å². The first-order valence-corrected chi connectivity index (χ1v) is 19.1. The third kappa shape index (κ3) is 9.06. The van der Waals surface area contributed by atoms with Gasteiger partial charge in [-0.3, -0.25) is 0 Å². The lowest BCUT2D eigenvalue weighted by Crippen LogP contribution is -2.51. The van der Waals surface area contributed by atoms with Gasteiger partial charge in [-0.05, 0) is 59.3 Å². The molecule has 0 spiro atoms. The number of piperidine rings is 1. The summed E-state index contributed by atoms with van der Waals surface area (Å²) < 4.78 is 38.1. The number of ether oxygens (including phenoxy) is 4. The Morgan fingerprint density at radius 3 is 2.47 bits per heavy atom. The number of halogens is 1. The van der Waals surface area contributed by atoms with Crippen LogP contribution in [-0.2, 0) is 22.7 Å². The van der Waals surface area contributed by atoms with Crippen LogP contribution in [-0.4, -0.2) is 51.7 Å². The summed E-state index contributed by atoms with van der Waals surface area (Å²) in [5, 5.41) is 13.6. The number of carbonyl (C=O) groups excluding carboxylic acids is 1. The third-order valence-corrected chi connectivity index (χ3v) is 9.82. The van der Waals surface area contributed by atoms with E-state index in [1.807, 2.05) is 54.6 Å². The summed E-state index contributed by atoms with van der Waals surface area (Å²) in [6.07, 6.45) is -1.08. The summed E-state index contributed by atoms with van der Waals surface area (Å²) in [6, 6.07) is 27.2. The first-order valence-electron chi connectivity index (χ1n) is 15.4. The second-order valence-corrected chi connectivity index (χ2v) is 18.3. The minimum atomic E-state index is -1.22. The molecule has 0 radical (unpaired) electrons. The highest BCUT2D eigenvalue weighted by Crippen LogP contribution is 2.33. The molecule has 2 unspecified atom stereocenters. The zero-order chi connectivity index (χ0) is 31.8. The minimum Gasteiger partial charge on any atom is -0.530 e. The van der Waals surface area contributed by atoms with Gasteiger partial charge >= 0.3 is 0 Å². The zero-order valence-electron chi connectivity index (χ0n) is 26.2. The average molecular weight is 631 g/mol. The van der Waals surface area contributed by atoms with E-state index in [4.69, 9.17) is 18.9 Å². The van der Waals surface area contributed by atoms with Crippen molar-refractivity contribution in [2.24, 2.45) is 0 Å². The number of fused-ring (bicyclic) bond motifs is 1. The van der Waals surface area contributed by atoms with Crippen molar-refractivity contribution < 1.29 is 33.2 Å². The standard InChI is InChI=1S/C36H42FNO6Si/c1-45(2,3)19-18-41-25-44-33-11-7-5-9-29(33)24-43-34-21-26(20-28-8-4-6-10-31(28)34)23-42-35-22-38(36(39)40)17-16-32(35)27-12-14-30(37)15-13-27/h4-15,20-21,32,35H,16-19,22-25H2,1-3H3,(H,39,40)/p-1. The monoisotopic (exact) mass is 630 g/mol. The molecule has 0 aliphatic carbocycles. The highest BCUT2D eigenvalue weighted by atomic mass is 28.3. The Balaban J connectivity index is 1.29. The van der Waals surface area contributed by atoms with Gasteiger partial charge in [-0.2, -0.15) is 0 Å². The Bertz CT molecular complexity index is 1570. The van der Waals surface area contributed by atoms with Crippen LogP contribution in [0.2, 0.25) is 25.7 Å². The first-order chi connectivity index (χ1) is 21.7. The maximum atomic E-state index is 13.6. The molecule has 7 nitrogen and oxygen atoms in total. The van der Waals surface area contributed by atoms with Crippen LogP contribution in [0.25, 0.3) is 10.8 Å². The Hall–Kier alpha value is -3.92. The number of benzene rings is 4. The van der Waals surface area contributed by atoms with Crippen LogP contribution in [0.1, 0.15) is 29.0 Å². The van der Waals surface area contributed by atoms with E-state index >= 15 is 0 Å². The smallest absolute Gasteiger partial charge is 0.189 e. The van der Waals surface area contributed by atoms with Gasteiger partial charge in [-0.15, -0.1) is 0 Å². The third-order valence-electron chi connectivity index (χ3n) is 8.11. The quantitative estimate of drug-likeness (QED) is 0.0902. The normalized spacial score (nSPS) is 16.9. The maximum Gasteiger partial charge on any atom is 0.189 e. The topological polar surface area (TPSA) is 80.3 Å². The van der Waals surface area contributed by atoms with E-state index in [2.05, 4.69) is 25.7 Å². The molecule has 5 rings (SSSR count). The highest BCUT2D eigenvalue weighted by molar-refractivity contribution is 6.76. The van der Waals surface area contributed by atoms with Gasteiger partial charge in [0.25, 0.3) is 0 Å². The molecule has 0 bridgehead atoms. The van der Waals surface area contributed by atoms with E-state index in [1.54, 1.807) is 12.1 Å². The molecule has 1 saturated heterocycles. The predicted octanol–water partition coefficient (Wildman–Crippen LogP) is 6.97. The molecule has 9 heteroatoms. The van der Waals surface area contributed by atoms with Crippen LogP contribution in [0, 0.1) is 5.82 Å². The van der Waals surface area contributed by atoms with Crippen LogP contribution >= 0.6 is 0 Å². The number of nitrogens with zero attached hydrogens (tertiary/aromatic N) is 1. The SMILES string of the molecule is C[Si](C)(C)CCOCOc1ccccc1COc1cc(COC2CN(C(=O)[O-])CCC2c2ccc(F)cc2)cc2ccccc12. The molecule has 2 atom stereocenters. The van der Waals surface area contributed by atoms with Crippen LogP contribution in [0.3, 0.4) is 0 Å². The van der Waals surface area contributed by atoms with Crippen molar-refractivity contribution in [1.29, 1.82) is 0 Å². The van der Waals surface area contributed by atoms with Crippen molar-refractivity contribution in [1.82, 2.24) is 4.90 Å². The summed E-state index contributed by atoms with van der Waals surface area (Å²) >= 11 is 0. The molecule has 0 saturated carbocycles. The minimum absolute atomic E-state index is 0.0756. The van der Waals surface area contributed by atoms with Crippen molar-refractivity contribution in [2.45, 2.75) is 57.3 Å². The largest absolute Gasteiger partial charge is 0.530 e. The van der Waals surface area contributed by atoms with E-state index in [1.165, 1.54) is 17.0 Å². The van der Waals surface area contributed by atoms with Gasteiger partial charge in [-0.25, -0.2) is 4.39 Å². The molecule has 1 aliphatic heterocycles. The van der Waals surface area contributed by atoms with Gasteiger partial charge in [0, 0.05) is 44.6 Å². The van der Waals surface area contributed by atoms with Gasteiger partial charge in [0.05, 0.1) is 12.7 Å². The Kier molecular flexibility index (Phi) is 10.8. The molecular weight excluding hydrogens is 589 g/mol. The van der Waals surface area contributed by atoms with E-state index < -0.39 is 20.3 Å². The molecule has 4 aromatic rings. The zero-order valence-corrected chi connectivity index (χ0v) is 27.2. The Morgan fingerprint density at radius 2 is 1.69 bits per heavy atom. The predicted molar refractivity (Wildman–Crippen MR) is 174 cm³/mol. The van der Waals surface area contributed by atoms with Gasteiger partial charge in [0.2, 0.25) is 0 Å². The molecule has 45 heavy (non-hydrogen) atoms. The summed E-state index contributed by atoms with van der Waals surface area (Å²) in [5.41, 5.74) is 2.72. The molecule has 1 amide bonds. The fraction of sp³-hybridized carbons (Fsp3) is 0.361. The molecule has 1 heterocycles. The Labute approximate surface area is 265 Å². The van der Waals surface area contributed by atoms with Crippen LogP contribution in [0.5, 0.6) is 11.5 Å². The summed E-state index contributed by atoms with van der Waals surface area (Å²) in [5.74, 6) is 1.04. The fourth-order valence-corrected chi connectivity index (χ4v) is 6.30. The number of likely N-dealkylation sites (tertiary alicyclic amines) is 1. The molecule has 4 aromatic carbocycles. The highest BCUT2D eigenvalue weighted by Gasteiger charge is 2.31. The number of hydrogen-bond donors (Lipinski definition) is 0. The van der Waals surface area contributed by atoms with Gasteiger partial charge < -0.3 is 33.7 Å². The number of rotatable bonds is 13. The molecule has 1 fully saturated rings. The fourth-order valence-electron chi connectivity index (χ4n) is 5.55. The number of carboxylic acid groups (broad SMARTS) is 1. The van der Waals surface area contributed by atoms with E-state index in [9.17, 15) is 14.3 Å². The second kappa shape index (κ2) is 14.9. The number of para-hydroxylation sites is 1. The van der Waals surface area contributed by atoms with Crippen molar-refractivity contribution in [3.05, 3.63) is 107 Å². The van der Waals surface area contributed by atoms with Crippen molar-refractivity contribution in [2.75, 3.05) is 26.5 Å². The molecular formula is C36H41FNO6Si-. The van der Waals surface area contributed by atoms with Crippen LogP contribution < -0.4 is 14.6 Å². The molecule has 0 N–H and O–H groups in total. The average Bonchev–Trinajstić information content (AvgIpc) is 3.02. The molecule has 238 valence electrons. The second-order valence-electron chi connectivity index (χ2n) is 12.7. The van der Waals surface area contributed by atoms with E-state index in [0.29, 0.717) is 31.9 Å². The number of carbonyl (C=O) groups is 1. The number of amides is 1. The van der Waals surface area contributed by atoms with Crippen molar-refractivity contribution >= 4 is 24.9 Å². The van der Waals surface area contributed by atoms with Gasteiger partial charge in [0.15, 0.2) is 6.79 Å². The molecule has 1 aliphatic rings. The summed E-state index contributed by atoms with van der Waals surface area (Å²) in [7, 11) is -1.17. The summed E-state index contributed by atoms with van der Waals surface area (Å²) in [4.78, 5) is 12.9. The van der Waals surface area contributed by atoms with Crippen LogP contribution in [0.15, 0.2) is 84.9 Å². The maximum absolute atomic E-state index is 13.6. The molecule has 0 aromatic heterocycles.